The fraction of sp³-hybridized carbons (Fsp3) is 0.0222. The maximum absolute atomic E-state index is 5.15. The van der Waals surface area contributed by atoms with E-state index in [-0.39, 0.29) is 6.17 Å². The molecule has 1 aliphatic rings. The first-order chi connectivity index (χ1) is 24.7. The lowest BCUT2D eigenvalue weighted by molar-refractivity contribution is 0.674. The third-order valence-electron chi connectivity index (χ3n) is 9.57. The minimum Gasteiger partial charge on any atom is -0.344 e. The summed E-state index contributed by atoms with van der Waals surface area (Å²) in [5.74, 6) is 1.55. The summed E-state index contributed by atoms with van der Waals surface area (Å²) in [6, 6.07) is 58.5. The van der Waals surface area contributed by atoms with Gasteiger partial charge in [-0.1, -0.05) is 127 Å². The molecule has 9 aromatic rings. The summed E-state index contributed by atoms with van der Waals surface area (Å²) in [7, 11) is 0. The standard InChI is InChI=1S/C45H29N3S2/c1-3-10-28(11-4-1)29-18-20-31(21-19-29)44-46-43(30-12-5-2-6-13-30)47-45(48-44)33-23-25-41-38(27-33)37-26-32(22-24-40(37)49-41)34-15-9-16-36-35-14-7-8-17-39(35)50-42(34)36/h1-27,43H,(H,46,47,48). The largest absolute Gasteiger partial charge is 0.344 e. The fourth-order valence-electron chi connectivity index (χ4n) is 7.04. The number of nitrogens with one attached hydrogen (secondary N) is 1. The topological polar surface area (TPSA) is 36.8 Å². The number of nitrogens with zero attached hydrogens (tertiary/aromatic N) is 2. The van der Waals surface area contributed by atoms with Crippen LogP contribution in [0.3, 0.4) is 0 Å². The zero-order chi connectivity index (χ0) is 33.0. The van der Waals surface area contributed by atoms with Crippen LogP contribution in [-0.2, 0) is 0 Å². The van der Waals surface area contributed by atoms with E-state index < -0.39 is 0 Å². The molecule has 3 heterocycles. The molecule has 10 rings (SSSR count). The minimum atomic E-state index is -0.254. The SMILES string of the molecule is c1ccc(-c2ccc(C3=NC(c4ccccc4)NC(c4ccc5sc6ccc(-c7cccc8c7sc7ccccc78)cc6c5c4)=N3)cc2)cc1. The summed E-state index contributed by atoms with van der Waals surface area (Å²) in [6.45, 7) is 0. The molecular weight excluding hydrogens is 647 g/mol. The van der Waals surface area contributed by atoms with Crippen molar-refractivity contribution in [2.75, 3.05) is 0 Å². The van der Waals surface area contributed by atoms with E-state index in [9.17, 15) is 0 Å². The van der Waals surface area contributed by atoms with Gasteiger partial charge < -0.3 is 5.32 Å². The zero-order valence-corrected chi connectivity index (χ0v) is 28.5. The average Bonchev–Trinajstić information content (AvgIpc) is 3.76. The lowest BCUT2D eigenvalue weighted by Gasteiger charge is -2.23. The van der Waals surface area contributed by atoms with Gasteiger partial charge in [0, 0.05) is 51.5 Å². The number of thiophene rings is 2. The van der Waals surface area contributed by atoms with E-state index in [1.807, 2.05) is 34.8 Å². The first-order valence-corrected chi connectivity index (χ1v) is 18.4. The Morgan fingerprint density at radius 3 is 1.84 bits per heavy atom. The van der Waals surface area contributed by atoms with Gasteiger partial charge >= 0.3 is 0 Å². The second kappa shape index (κ2) is 11.9. The van der Waals surface area contributed by atoms with E-state index in [2.05, 4.69) is 157 Å². The highest BCUT2D eigenvalue weighted by Crippen LogP contribution is 2.42. The van der Waals surface area contributed by atoms with E-state index in [1.54, 1.807) is 0 Å². The van der Waals surface area contributed by atoms with Gasteiger partial charge in [-0.05, 0) is 64.2 Å². The summed E-state index contributed by atoms with van der Waals surface area (Å²) >= 11 is 3.72. The predicted octanol–water partition coefficient (Wildman–Crippen LogP) is 12.3. The Hall–Kier alpha value is -5.88. The van der Waals surface area contributed by atoms with Crippen LogP contribution in [0.4, 0.5) is 0 Å². The number of aliphatic imine (C=N–C) groups is 2. The van der Waals surface area contributed by atoms with E-state index in [0.29, 0.717) is 0 Å². The first-order valence-electron chi connectivity index (χ1n) is 16.8. The van der Waals surface area contributed by atoms with Crippen molar-refractivity contribution in [1.82, 2.24) is 5.32 Å². The smallest absolute Gasteiger partial charge is 0.159 e. The van der Waals surface area contributed by atoms with Gasteiger partial charge in [-0.3, -0.25) is 0 Å². The minimum absolute atomic E-state index is 0.254. The molecule has 7 aromatic carbocycles. The van der Waals surface area contributed by atoms with E-state index >= 15 is 0 Å². The second-order valence-electron chi connectivity index (χ2n) is 12.6. The fourth-order valence-corrected chi connectivity index (χ4v) is 9.35. The van der Waals surface area contributed by atoms with Crippen LogP contribution in [0.25, 0.3) is 62.6 Å². The maximum Gasteiger partial charge on any atom is 0.159 e. The van der Waals surface area contributed by atoms with Crippen LogP contribution in [0, 0.1) is 0 Å². The summed E-state index contributed by atoms with van der Waals surface area (Å²) < 4.78 is 5.21. The molecule has 0 amide bonds. The highest BCUT2D eigenvalue weighted by atomic mass is 32.1. The number of benzene rings is 7. The van der Waals surface area contributed by atoms with Gasteiger partial charge in [0.25, 0.3) is 0 Å². The molecule has 0 radical (unpaired) electrons. The van der Waals surface area contributed by atoms with Crippen LogP contribution >= 0.6 is 22.7 Å². The lowest BCUT2D eigenvalue weighted by atomic mass is 10.00. The Kier molecular flexibility index (Phi) is 6.93. The molecule has 50 heavy (non-hydrogen) atoms. The van der Waals surface area contributed by atoms with Crippen LogP contribution in [0.1, 0.15) is 22.9 Å². The molecule has 5 heteroatoms. The molecule has 0 saturated carbocycles. The van der Waals surface area contributed by atoms with Crippen LogP contribution in [-0.4, -0.2) is 11.7 Å². The third kappa shape index (κ3) is 5.02. The number of amidine groups is 2. The lowest BCUT2D eigenvalue weighted by Crippen LogP contribution is -2.33. The average molecular weight is 676 g/mol. The molecule has 1 N–H and O–H groups in total. The van der Waals surface area contributed by atoms with Gasteiger partial charge in [0.1, 0.15) is 12.0 Å². The van der Waals surface area contributed by atoms with Gasteiger partial charge in [0.05, 0.1) is 0 Å². The molecule has 3 nitrogen and oxygen atoms in total. The molecule has 0 bridgehead atoms. The maximum atomic E-state index is 5.15. The summed E-state index contributed by atoms with van der Waals surface area (Å²) in [4.78, 5) is 10.3. The Morgan fingerprint density at radius 2 is 1.04 bits per heavy atom. The first kappa shape index (κ1) is 29.1. The van der Waals surface area contributed by atoms with Crippen molar-refractivity contribution in [2.45, 2.75) is 6.17 Å². The van der Waals surface area contributed by atoms with Crippen molar-refractivity contribution in [2.24, 2.45) is 9.98 Å². The number of hydrogen-bond donors (Lipinski definition) is 1. The molecule has 1 atom stereocenters. The molecule has 236 valence electrons. The summed E-state index contributed by atoms with van der Waals surface area (Å²) in [5.41, 5.74) is 8.02. The van der Waals surface area contributed by atoms with Crippen LogP contribution in [0.15, 0.2) is 174 Å². The molecule has 0 fully saturated rings. The van der Waals surface area contributed by atoms with Crippen molar-refractivity contribution in [3.63, 3.8) is 0 Å². The van der Waals surface area contributed by atoms with E-state index in [4.69, 9.17) is 9.98 Å². The van der Waals surface area contributed by atoms with Crippen molar-refractivity contribution < 1.29 is 0 Å². The highest BCUT2D eigenvalue weighted by molar-refractivity contribution is 7.26. The number of hydrogen-bond acceptors (Lipinski definition) is 5. The normalized spacial score (nSPS) is 14.6. The predicted molar refractivity (Wildman–Crippen MR) is 215 cm³/mol. The number of rotatable bonds is 5. The molecule has 0 saturated heterocycles. The third-order valence-corrected chi connectivity index (χ3v) is 11.9. The van der Waals surface area contributed by atoms with Gasteiger partial charge in [-0.2, -0.15) is 0 Å². The number of fused-ring (bicyclic) bond motifs is 6. The van der Waals surface area contributed by atoms with Crippen molar-refractivity contribution in [3.05, 3.63) is 180 Å². The molecule has 0 spiro atoms. The van der Waals surface area contributed by atoms with Crippen LogP contribution < -0.4 is 5.32 Å². The van der Waals surface area contributed by atoms with Gasteiger partial charge in [0.15, 0.2) is 5.84 Å². The summed E-state index contributed by atoms with van der Waals surface area (Å²) in [5, 5.41) is 8.82. The quantitative estimate of drug-likeness (QED) is 0.194. The molecular formula is C45H29N3S2. The Labute approximate surface area is 297 Å². The van der Waals surface area contributed by atoms with Crippen molar-refractivity contribution in [1.29, 1.82) is 0 Å². The molecule has 1 unspecified atom stereocenters. The zero-order valence-electron chi connectivity index (χ0n) is 26.9. The van der Waals surface area contributed by atoms with Gasteiger partial charge in [-0.15, -0.1) is 22.7 Å². The molecule has 2 aromatic heterocycles. The Morgan fingerprint density at radius 1 is 0.440 bits per heavy atom. The Bertz CT molecular complexity index is 2770. The van der Waals surface area contributed by atoms with Crippen molar-refractivity contribution in [3.8, 4) is 22.3 Å². The van der Waals surface area contributed by atoms with Crippen molar-refractivity contribution >= 4 is 74.7 Å². The van der Waals surface area contributed by atoms with E-state index in [0.717, 1.165) is 28.4 Å². The van der Waals surface area contributed by atoms with Gasteiger partial charge in [-0.25, -0.2) is 9.98 Å². The van der Waals surface area contributed by atoms with Gasteiger partial charge in [0.2, 0.25) is 0 Å². The van der Waals surface area contributed by atoms with Crippen LogP contribution in [0.2, 0.25) is 0 Å². The second-order valence-corrected chi connectivity index (χ2v) is 14.8. The monoisotopic (exact) mass is 675 g/mol. The van der Waals surface area contributed by atoms with E-state index in [1.165, 1.54) is 62.6 Å². The highest BCUT2D eigenvalue weighted by Gasteiger charge is 2.22. The van der Waals surface area contributed by atoms with Crippen LogP contribution in [0.5, 0.6) is 0 Å². The molecule has 0 aliphatic carbocycles. The molecule has 1 aliphatic heterocycles. The summed E-state index contributed by atoms with van der Waals surface area (Å²) in [6.07, 6.45) is -0.254. The Balaban J connectivity index is 1.07.